The number of aromatic nitrogens is 3. The number of hydrogen-bond acceptors (Lipinski definition) is 4. The van der Waals surface area contributed by atoms with Crippen molar-refractivity contribution >= 4 is 33.1 Å². The molecule has 1 N–H and O–H groups in total. The van der Waals surface area contributed by atoms with Crippen LogP contribution in [0.3, 0.4) is 0 Å². The van der Waals surface area contributed by atoms with Gasteiger partial charge < -0.3 is 9.72 Å². The molecule has 72 valence electrons. The lowest BCUT2D eigenvalue weighted by atomic mass is 10.4. The summed E-state index contributed by atoms with van der Waals surface area (Å²) in [5.74, 6) is -0.350. The van der Waals surface area contributed by atoms with E-state index in [4.69, 9.17) is 0 Å². The van der Waals surface area contributed by atoms with E-state index in [-0.39, 0.29) is 5.82 Å². The molecule has 5 nitrogen and oxygen atoms in total. The van der Waals surface area contributed by atoms with Crippen LogP contribution in [0.2, 0.25) is 0 Å². The van der Waals surface area contributed by atoms with E-state index in [0.29, 0.717) is 11.2 Å². The number of imidazole rings is 1. The summed E-state index contributed by atoms with van der Waals surface area (Å²) in [5, 5.41) is 0. The van der Waals surface area contributed by atoms with Crippen molar-refractivity contribution in [2.24, 2.45) is 0 Å². The number of methoxy groups -OCH3 is 1. The Morgan fingerprint density at radius 1 is 1.64 bits per heavy atom. The van der Waals surface area contributed by atoms with E-state index in [1.54, 1.807) is 12.3 Å². The normalized spacial score (nSPS) is 10.4. The molecule has 2 aromatic heterocycles. The van der Waals surface area contributed by atoms with E-state index in [9.17, 15) is 4.79 Å². The monoisotopic (exact) mass is 255 g/mol. The molecule has 2 aromatic rings. The highest BCUT2D eigenvalue weighted by atomic mass is 79.9. The molecule has 0 aliphatic carbocycles. The van der Waals surface area contributed by atoms with Crippen LogP contribution in [0.25, 0.3) is 11.2 Å². The zero-order valence-electron chi connectivity index (χ0n) is 7.24. The number of pyridine rings is 1. The Morgan fingerprint density at radius 3 is 3.07 bits per heavy atom. The van der Waals surface area contributed by atoms with Gasteiger partial charge in [-0.2, -0.15) is 0 Å². The number of rotatable bonds is 1. The Hall–Kier alpha value is -1.43. The van der Waals surface area contributed by atoms with E-state index >= 15 is 0 Å². The third-order valence-corrected chi connectivity index (χ3v) is 2.38. The number of halogens is 1. The predicted octanol–water partition coefficient (Wildman–Crippen LogP) is 1.51. The number of fused-ring (bicyclic) bond motifs is 1. The van der Waals surface area contributed by atoms with Crippen molar-refractivity contribution in [2.45, 2.75) is 0 Å². The molecule has 0 spiro atoms. The summed E-state index contributed by atoms with van der Waals surface area (Å²) in [6.07, 6.45) is 1.61. The highest BCUT2D eigenvalue weighted by Gasteiger charge is 2.13. The first kappa shape index (κ1) is 9.14. The average molecular weight is 256 g/mol. The summed E-state index contributed by atoms with van der Waals surface area (Å²) >= 11 is 3.32. The summed E-state index contributed by atoms with van der Waals surface area (Å²) in [4.78, 5) is 21.9. The molecule has 0 radical (unpaired) electrons. The van der Waals surface area contributed by atoms with Gasteiger partial charge in [-0.05, 0) is 22.0 Å². The molecular weight excluding hydrogens is 250 g/mol. The van der Waals surface area contributed by atoms with Crippen molar-refractivity contribution in [2.75, 3.05) is 7.11 Å². The van der Waals surface area contributed by atoms with Crippen LogP contribution in [0.4, 0.5) is 0 Å². The molecule has 0 saturated carbocycles. The largest absolute Gasteiger partial charge is 0.463 e. The van der Waals surface area contributed by atoms with Gasteiger partial charge >= 0.3 is 5.97 Å². The lowest BCUT2D eigenvalue weighted by Gasteiger charge is -1.90. The topological polar surface area (TPSA) is 67.9 Å². The van der Waals surface area contributed by atoms with Crippen LogP contribution < -0.4 is 0 Å². The van der Waals surface area contributed by atoms with E-state index < -0.39 is 5.97 Å². The average Bonchev–Trinajstić information content (AvgIpc) is 2.62. The first-order valence-corrected chi connectivity index (χ1v) is 4.60. The molecule has 0 fully saturated rings. The number of hydrogen-bond donors (Lipinski definition) is 1. The summed E-state index contributed by atoms with van der Waals surface area (Å²) in [7, 11) is 1.30. The number of H-pyrrole nitrogens is 1. The molecule has 0 unspecified atom stereocenters. The van der Waals surface area contributed by atoms with Gasteiger partial charge in [-0.3, -0.25) is 0 Å². The SMILES string of the molecule is COC(=O)c1nc2nccc(Br)c2[nH]1. The van der Waals surface area contributed by atoms with Crippen molar-refractivity contribution < 1.29 is 9.53 Å². The first-order chi connectivity index (χ1) is 6.72. The highest BCUT2D eigenvalue weighted by Crippen LogP contribution is 2.19. The maximum atomic E-state index is 11.1. The summed E-state index contributed by atoms with van der Waals surface area (Å²) in [5.41, 5.74) is 1.17. The molecule has 0 aromatic carbocycles. The minimum atomic E-state index is -0.505. The fourth-order valence-electron chi connectivity index (χ4n) is 1.07. The van der Waals surface area contributed by atoms with Gasteiger partial charge in [0.05, 0.1) is 12.6 Å². The van der Waals surface area contributed by atoms with Crippen LogP contribution in [-0.4, -0.2) is 28.0 Å². The summed E-state index contributed by atoms with van der Waals surface area (Å²) in [6, 6.07) is 1.77. The summed E-state index contributed by atoms with van der Waals surface area (Å²) < 4.78 is 5.34. The van der Waals surface area contributed by atoms with E-state index in [1.165, 1.54) is 7.11 Å². The second kappa shape index (κ2) is 3.38. The molecule has 2 heterocycles. The third kappa shape index (κ3) is 1.37. The fourth-order valence-corrected chi connectivity index (χ4v) is 1.47. The fraction of sp³-hybridized carbons (Fsp3) is 0.125. The molecule has 0 atom stereocenters. The number of nitrogens with zero attached hydrogens (tertiary/aromatic N) is 2. The number of aromatic amines is 1. The van der Waals surface area contributed by atoms with Crippen LogP contribution in [0.15, 0.2) is 16.7 Å². The quantitative estimate of drug-likeness (QED) is 0.785. The van der Waals surface area contributed by atoms with E-state index in [2.05, 4.69) is 35.6 Å². The number of carbonyl (C=O) groups is 1. The Kier molecular flexibility index (Phi) is 2.20. The van der Waals surface area contributed by atoms with Gasteiger partial charge in [0.25, 0.3) is 0 Å². The lowest BCUT2D eigenvalue weighted by molar-refractivity contribution is 0.0588. The Bertz CT molecular complexity index is 494. The van der Waals surface area contributed by atoms with Crippen LogP contribution in [0.1, 0.15) is 10.6 Å². The second-order valence-electron chi connectivity index (χ2n) is 2.57. The second-order valence-corrected chi connectivity index (χ2v) is 3.42. The van der Waals surface area contributed by atoms with Crippen molar-refractivity contribution in [1.82, 2.24) is 15.0 Å². The number of carbonyl (C=O) groups excluding carboxylic acids is 1. The summed E-state index contributed by atoms with van der Waals surface area (Å²) in [6.45, 7) is 0. The molecule has 0 aliphatic heterocycles. The smallest absolute Gasteiger partial charge is 0.374 e. The first-order valence-electron chi connectivity index (χ1n) is 3.81. The van der Waals surface area contributed by atoms with Crippen LogP contribution in [-0.2, 0) is 4.74 Å². The lowest BCUT2D eigenvalue weighted by Crippen LogP contribution is -2.02. The van der Waals surface area contributed by atoms with Gasteiger partial charge in [0, 0.05) is 10.7 Å². The van der Waals surface area contributed by atoms with Crippen molar-refractivity contribution in [1.29, 1.82) is 0 Å². The van der Waals surface area contributed by atoms with Gasteiger partial charge in [0.2, 0.25) is 5.82 Å². The molecule has 0 saturated heterocycles. The molecule has 0 aliphatic rings. The van der Waals surface area contributed by atoms with Crippen LogP contribution in [0, 0.1) is 0 Å². The Balaban J connectivity index is 2.62. The van der Waals surface area contributed by atoms with Gasteiger partial charge in [-0.15, -0.1) is 0 Å². The van der Waals surface area contributed by atoms with Gasteiger partial charge in [-0.25, -0.2) is 14.8 Å². The minimum Gasteiger partial charge on any atom is -0.463 e. The number of nitrogens with one attached hydrogen (secondary N) is 1. The molecule has 2 rings (SSSR count). The zero-order valence-corrected chi connectivity index (χ0v) is 8.83. The predicted molar refractivity (Wildman–Crippen MR) is 52.9 cm³/mol. The standard InChI is InChI=1S/C8H6BrN3O2/c1-14-8(13)7-11-5-4(9)2-3-10-6(5)12-7/h2-3H,1H3,(H,10,11,12). The van der Waals surface area contributed by atoms with Crippen LogP contribution >= 0.6 is 15.9 Å². The van der Waals surface area contributed by atoms with Crippen LogP contribution in [0.5, 0.6) is 0 Å². The maximum Gasteiger partial charge on any atom is 0.374 e. The van der Waals surface area contributed by atoms with E-state index in [0.717, 1.165) is 4.47 Å². The molecule has 14 heavy (non-hydrogen) atoms. The number of esters is 1. The zero-order chi connectivity index (χ0) is 10.1. The maximum absolute atomic E-state index is 11.1. The highest BCUT2D eigenvalue weighted by molar-refractivity contribution is 9.10. The number of ether oxygens (including phenoxy) is 1. The van der Waals surface area contributed by atoms with Crippen molar-refractivity contribution in [3.05, 3.63) is 22.6 Å². The van der Waals surface area contributed by atoms with Gasteiger partial charge in [0.15, 0.2) is 5.65 Å². The van der Waals surface area contributed by atoms with Crippen molar-refractivity contribution in [3.63, 3.8) is 0 Å². The molecule has 0 amide bonds. The molecule has 0 bridgehead atoms. The Labute approximate surface area is 87.6 Å². The molecular formula is C8H6BrN3O2. The Morgan fingerprint density at radius 2 is 2.43 bits per heavy atom. The molecule has 6 heteroatoms. The van der Waals surface area contributed by atoms with Gasteiger partial charge in [-0.1, -0.05) is 0 Å². The third-order valence-electron chi connectivity index (χ3n) is 1.72. The van der Waals surface area contributed by atoms with E-state index in [1.807, 2.05) is 0 Å². The van der Waals surface area contributed by atoms with Crippen molar-refractivity contribution in [3.8, 4) is 0 Å². The van der Waals surface area contributed by atoms with Gasteiger partial charge in [0.1, 0.15) is 0 Å². The minimum absolute atomic E-state index is 0.155.